The van der Waals surface area contributed by atoms with E-state index in [0.29, 0.717) is 17.5 Å². The van der Waals surface area contributed by atoms with E-state index < -0.39 is 0 Å². The Labute approximate surface area is 389 Å². The smallest absolute Gasteiger partial charge is 0.164 e. The van der Waals surface area contributed by atoms with Crippen molar-refractivity contribution in [3.05, 3.63) is 249 Å². The van der Waals surface area contributed by atoms with Crippen molar-refractivity contribution >= 4 is 16.3 Å². The summed E-state index contributed by atoms with van der Waals surface area (Å²) in [6.45, 7) is 0. The van der Waals surface area contributed by atoms with Crippen LogP contribution in [0.5, 0.6) is 0 Å². The number of pyridine rings is 1. The van der Waals surface area contributed by atoms with Gasteiger partial charge in [0.2, 0.25) is 0 Å². The molecule has 0 aliphatic heterocycles. The molecule has 0 atom stereocenters. The summed E-state index contributed by atoms with van der Waals surface area (Å²) in [7, 11) is 0. The molecule has 314 valence electrons. The van der Waals surface area contributed by atoms with Gasteiger partial charge in [0.05, 0.1) is 11.2 Å². The Balaban J connectivity index is 1.13. The summed E-state index contributed by atoms with van der Waals surface area (Å²) >= 11 is 0. The molecule has 12 aromatic rings. The second-order valence-electron chi connectivity index (χ2n) is 16.6. The van der Waals surface area contributed by atoms with Crippen molar-refractivity contribution in [2.24, 2.45) is 0 Å². The molecule has 0 unspecified atom stereocenters. The molecule has 3 aromatic heterocycles. The Morgan fingerprint density at radius 3 is 1.22 bits per heavy atom. The van der Waals surface area contributed by atoms with Gasteiger partial charge in [-0.3, -0.25) is 0 Å². The fraction of sp³-hybridized carbons (Fsp3) is 0. The van der Waals surface area contributed by atoms with E-state index in [2.05, 4.69) is 241 Å². The summed E-state index contributed by atoms with van der Waals surface area (Å²) in [5, 5.41) is 7.82. The maximum atomic E-state index is 5.59. The number of fused-ring (bicyclic) bond motifs is 3. The van der Waals surface area contributed by atoms with E-state index in [1.165, 1.54) is 0 Å². The number of rotatable bonds is 9. The standard InChI is InChI=1S/C62H41N5/c1-6-23-42(24-7-1)49-35-16-20-39-53(49)61-63-60(64-62(65-61)54-40-21-17-36-50(54)43-25-8-2-9-26-43)48-34-22-33-47(41-48)55-51-37-18-19-38-52(51)59-56(44-27-10-3-11-28-44)57(45-29-12-4-13-30-45)66-67(59)58(55)46-31-14-5-15-32-46/h1-41H. The van der Waals surface area contributed by atoms with Gasteiger partial charge in [0, 0.05) is 44.3 Å². The molecule has 0 saturated carbocycles. The molecule has 0 amide bonds. The summed E-state index contributed by atoms with van der Waals surface area (Å²) in [5.74, 6) is 1.78. The zero-order valence-electron chi connectivity index (χ0n) is 36.4. The molecule has 0 aliphatic carbocycles. The third kappa shape index (κ3) is 7.25. The lowest BCUT2D eigenvalue weighted by Crippen LogP contribution is -2.02. The van der Waals surface area contributed by atoms with Crippen molar-refractivity contribution in [3.8, 4) is 101 Å². The monoisotopic (exact) mass is 855 g/mol. The van der Waals surface area contributed by atoms with Crippen molar-refractivity contribution in [1.82, 2.24) is 24.6 Å². The van der Waals surface area contributed by atoms with E-state index >= 15 is 0 Å². The van der Waals surface area contributed by atoms with E-state index in [9.17, 15) is 0 Å². The Bertz CT molecular complexity index is 3620. The summed E-state index contributed by atoms with van der Waals surface area (Å²) in [6.07, 6.45) is 0. The number of hydrogen-bond donors (Lipinski definition) is 0. The fourth-order valence-corrected chi connectivity index (χ4v) is 9.46. The zero-order valence-corrected chi connectivity index (χ0v) is 36.4. The second kappa shape index (κ2) is 17.1. The molecule has 0 fully saturated rings. The molecule has 0 aliphatic rings. The van der Waals surface area contributed by atoms with Gasteiger partial charge in [0.25, 0.3) is 0 Å². The van der Waals surface area contributed by atoms with Crippen molar-refractivity contribution in [2.75, 3.05) is 0 Å². The van der Waals surface area contributed by atoms with Crippen LogP contribution in [0, 0.1) is 0 Å². The Morgan fingerprint density at radius 1 is 0.269 bits per heavy atom. The van der Waals surface area contributed by atoms with Gasteiger partial charge in [-0.2, -0.15) is 5.10 Å². The molecule has 5 nitrogen and oxygen atoms in total. The van der Waals surface area contributed by atoms with E-state index in [4.69, 9.17) is 20.1 Å². The molecule has 12 rings (SSSR count). The molecule has 5 heteroatoms. The van der Waals surface area contributed by atoms with Crippen LogP contribution in [0.2, 0.25) is 0 Å². The molecule has 9 aromatic carbocycles. The highest BCUT2D eigenvalue weighted by molar-refractivity contribution is 6.15. The van der Waals surface area contributed by atoms with Crippen LogP contribution in [0.25, 0.3) is 117 Å². The Kier molecular flexibility index (Phi) is 10.1. The van der Waals surface area contributed by atoms with Gasteiger partial charge in [0.15, 0.2) is 17.5 Å². The van der Waals surface area contributed by atoms with Crippen LogP contribution in [0.3, 0.4) is 0 Å². The molecular formula is C62H41N5. The summed E-state index contributed by atoms with van der Waals surface area (Å²) in [6, 6.07) is 86.8. The third-order valence-electron chi connectivity index (χ3n) is 12.5. The van der Waals surface area contributed by atoms with Gasteiger partial charge < -0.3 is 0 Å². The van der Waals surface area contributed by atoms with Crippen molar-refractivity contribution in [1.29, 1.82) is 0 Å². The van der Waals surface area contributed by atoms with Crippen molar-refractivity contribution in [2.45, 2.75) is 0 Å². The lowest BCUT2D eigenvalue weighted by atomic mass is 9.90. The van der Waals surface area contributed by atoms with E-state index in [0.717, 1.165) is 100 Å². The summed E-state index contributed by atoms with van der Waals surface area (Å²) < 4.78 is 2.19. The fourth-order valence-electron chi connectivity index (χ4n) is 9.46. The lowest BCUT2D eigenvalue weighted by Gasteiger charge is -2.18. The van der Waals surface area contributed by atoms with E-state index in [1.807, 2.05) is 12.1 Å². The summed E-state index contributed by atoms with van der Waals surface area (Å²) in [4.78, 5) is 16.0. The van der Waals surface area contributed by atoms with Crippen LogP contribution < -0.4 is 0 Å². The Morgan fingerprint density at radius 2 is 0.672 bits per heavy atom. The predicted octanol–water partition coefficient (Wildman–Crippen LogP) is 15.7. The normalized spacial score (nSPS) is 11.3. The minimum Gasteiger partial charge on any atom is -0.231 e. The molecule has 0 spiro atoms. The average Bonchev–Trinajstić information content (AvgIpc) is 3.82. The molecule has 3 heterocycles. The third-order valence-corrected chi connectivity index (χ3v) is 12.5. The molecular weight excluding hydrogens is 815 g/mol. The van der Waals surface area contributed by atoms with Gasteiger partial charge >= 0.3 is 0 Å². The van der Waals surface area contributed by atoms with Crippen LogP contribution in [0.4, 0.5) is 0 Å². The van der Waals surface area contributed by atoms with Crippen LogP contribution >= 0.6 is 0 Å². The highest BCUT2D eigenvalue weighted by Gasteiger charge is 2.26. The quantitative estimate of drug-likeness (QED) is 0.145. The topological polar surface area (TPSA) is 56.0 Å². The number of nitrogens with zero attached hydrogens (tertiary/aromatic N) is 5. The first kappa shape index (κ1) is 39.5. The van der Waals surface area contributed by atoms with E-state index in [-0.39, 0.29) is 0 Å². The predicted molar refractivity (Wildman–Crippen MR) is 275 cm³/mol. The van der Waals surface area contributed by atoms with Crippen molar-refractivity contribution < 1.29 is 0 Å². The Hall–Kier alpha value is -9.06. The van der Waals surface area contributed by atoms with Crippen LogP contribution in [-0.4, -0.2) is 24.6 Å². The maximum Gasteiger partial charge on any atom is 0.164 e. The SMILES string of the molecule is c1ccc(-c2ccccc2-c2nc(-c3cccc(-c4c(-c5ccccc5)n5nc(-c6ccccc6)c(-c6ccccc6)c5c5ccccc45)c3)nc(-c3ccccc3-c3ccccc3)n2)cc1. The van der Waals surface area contributed by atoms with Crippen LogP contribution in [0.15, 0.2) is 249 Å². The minimum atomic E-state index is 0.580. The van der Waals surface area contributed by atoms with Gasteiger partial charge in [-0.05, 0) is 44.8 Å². The highest BCUT2D eigenvalue weighted by Crippen LogP contribution is 2.46. The first-order chi connectivity index (χ1) is 33.3. The van der Waals surface area contributed by atoms with Gasteiger partial charge in [0.1, 0.15) is 5.69 Å². The largest absolute Gasteiger partial charge is 0.231 e. The first-order valence-corrected chi connectivity index (χ1v) is 22.6. The van der Waals surface area contributed by atoms with Gasteiger partial charge in [-0.25, -0.2) is 19.5 Å². The number of benzene rings is 9. The van der Waals surface area contributed by atoms with Gasteiger partial charge in [-0.1, -0.05) is 243 Å². The van der Waals surface area contributed by atoms with Crippen molar-refractivity contribution in [3.63, 3.8) is 0 Å². The minimum absolute atomic E-state index is 0.580. The lowest BCUT2D eigenvalue weighted by molar-refractivity contribution is 0.981. The molecule has 0 saturated heterocycles. The highest BCUT2D eigenvalue weighted by atomic mass is 15.2. The number of hydrogen-bond acceptors (Lipinski definition) is 4. The average molecular weight is 856 g/mol. The number of aromatic nitrogens is 5. The second-order valence-corrected chi connectivity index (χ2v) is 16.6. The van der Waals surface area contributed by atoms with Gasteiger partial charge in [-0.15, -0.1) is 0 Å². The van der Waals surface area contributed by atoms with Crippen LogP contribution in [-0.2, 0) is 0 Å². The zero-order chi connectivity index (χ0) is 44.5. The molecule has 0 bridgehead atoms. The molecule has 67 heavy (non-hydrogen) atoms. The van der Waals surface area contributed by atoms with Crippen LogP contribution in [0.1, 0.15) is 0 Å². The summed E-state index contributed by atoms with van der Waals surface area (Å²) in [5.41, 5.74) is 16.4. The first-order valence-electron chi connectivity index (χ1n) is 22.6. The maximum absolute atomic E-state index is 5.59. The molecule has 0 N–H and O–H groups in total. The van der Waals surface area contributed by atoms with E-state index in [1.54, 1.807) is 0 Å². The molecule has 0 radical (unpaired) electrons.